The Kier molecular flexibility index (Phi) is 6.31. The summed E-state index contributed by atoms with van der Waals surface area (Å²) < 4.78 is 5.06. The molecule has 8 heteroatoms. The molecule has 0 aliphatic carbocycles. The Morgan fingerprint density at radius 1 is 1.00 bits per heavy atom. The number of hydrogen-bond acceptors (Lipinski definition) is 6. The number of piperazine rings is 1. The summed E-state index contributed by atoms with van der Waals surface area (Å²) in [5.74, 6) is 0.944. The van der Waals surface area contributed by atoms with Crippen molar-refractivity contribution in [1.29, 1.82) is 0 Å². The highest BCUT2D eigenvalue weighted by molar-refractivity contribution is 6.03. The van der Waals surface area contributed by atoms with Crippen LogP contribution in [-0.4, -0.2) is 59.7 Å². The predicted octanol–water partition coefficient (Wildman–Crippen LogP) is 2.93. The maximum Gasteiger partial charge on any atom is 0.409 e. The van der Waals surface area contributed by atoms with Gasteiger partial charge in [-0.3, -0.25) is 4.79 Å². The Bertz CT molecular complexity index is 887. The molecule has 8 nitrogen and oxygen atoms in total. The smallest absolute Gasteiger partial charge is 0.409 e. The fourth-order valence-electron chi connectivity index (χ4n) is 3.41. The molecule has 0 bridgehead atoms. The summed E-state index contributed by atoms with van der Waals surface area (Å²) in [6.45, 7) is 10.2. The molecule has 154 valence electrons. The minimum absolute atomic E-state index is 0.271. The van der Waals surface area contributed by atoms with Gasteiger partial charge in [0.2, 0.25) is 0 Å². The van der Waals surface area contributed by atoms with Crippen molar-refractivity contribution in [3.05, 3.63) is 46.9 Å². The Balaban J connectivity index is 1.71. The van der Waals surface area contributed by atoms with E-state index in [9.17, 15) is 9.59 Å². The molecule has 1 N–H and O–H groups in total. The first kappa shape index (κ1) is 20.6. The summed E-state index contributed by atoms with van der Waals surface area (Å²) in [6.07, 6.45) is -0.292. The molecular weight excluding hydrogens is 370 g/mol. The number of hydrogen-bond donors (Lipinski definition) is 1. The molecule has 1 aromatic heterocycles. The average molecular weight is 397 g/mol. The third kappa shape index (κ3) is 5.22. The number of benzene rings is 1. The second-order valence-corrected chi connectivity index (χ2v) is 7.16. The molecule has 1 aliphatic heterocycles. The molecule has 0 unspecified atom stereocenters. The Morgan fingerprint density at radius 3 is 2.28 bits per heavy atom. The molecule has 0 spiro atoms. The number of nitrogens with zero attached hydrogens (tertiary/aromatic N) is 4. The van der Waals surface area contributed by atoms with Crippen LogP contribution >= 0.6 is 0 Å². The summed E-state index contributed by atoms with van der Waals surface area (Å²) in [5, 5.41) is 2.92. The van der Waals surface area contributed by atoms with E-state index in [0.717, 1.165) is 16.8 Å². The largest absolute Gasteiger partial charge is 0.450 e. The number of aryl methyl sites for hydroxylation is 3. The van der Waals surface area contributed by atoms with Crippen molar-refractivity contribution in [2.45, 2.75) is 27.7 Å². The minimum atomic E-state index is -0.292. The number of amides is 2. The van der Waals surface area contributed by atoms with Crippen LogP contribution in [0.2, 0.25) is 0 Å². The summed E-state index contributed by atoms with van der Waals surface area (Å²) >= 11 is 0. The maximum atomic E-state index is 12.7. The van der Waals surface area contributed by atoms with Crippen LogP contribution in [0.3, 0.4) is 0 Å². The maximum absolute atomic E-state index is 12.7. The van der Waals surface area contributed by atoms with Gasteiger partial charge < -0.3 is 19.9 Å². The van der Waals surface area contributed by atoms with E-state index in [-0.39, 0.29) is 12.0 Å². The Labute approximate surface area is 170 Å². The van der Waals surface area contributed by atoms with Gasteiger partial charge in [0.1, 0.15) is 17.3 Å². The van der Waals surface area contributed by atoms with Crippen molar-refractivity contribution >= 4 is 23.5 Å². The quantitative estimate of drug-likeness (QED) is 0.853. The fourth-order valence-corrected chi connectivity index (χ4v) is 3.41. The minimum Gasteiger partial charge on any atom is -0.450 e. The topological polar surface area (TPSA) is 87.7 Å². The van der Waals surface area contributed by atoms with E-state index in [1.54, 1.807) is 24.8 Å². The number of carbonyl (C=O) groups is 2. The van der Waals surface area contributed by atoms with Crippen LogP contribution in [0.15, 0.2) is 24.3 Å². The first-order valence-electron chi connectivity index (χ1n) is 9.77. The van der Waals surface area contributed by atoms with Crippen LogP contribution in [0, 0.1) is 20.8 Å². The molecule has 0 radical (unpaired) electrons. The van der Waals surface area contributed by atoms with Gasteiger partial charge in [-0.05, 0) is 51.0 Å². The highest BCUT2D eigenvalue weighted by atomic mass is 16.6. The second kappa shape index (κ2) is 8.89. The van der Waals surface area contributed by atoms with Crippen molar-refractivity contribution in [1.82, 2.24) is 14.9 Å². The molecular formula is C21H27N5O3. The standard InChI is InChI=1S/C21H27N5O3/c1-5-29-21(28)26-8-6-25(7-9-26)19-13-18(22-16(4)23-19)20(27)24-17-11-14(2)10-15(3)12-17/h10-13H,5-9H2,1-4H3,(H,24,27). The predicted molar refractivity (Wildman–Crippen MR) is 111 cm³/mol. The van der Waals surface area contributed by atoms with Crippen molar-refractivity contribution in [2.75, 3.05) is 43.0 Å². The molecule has 0 atom stereocenters. The number of rotatable bonds is 4. The summed E-state index contributed by atoms with van der Waals surface area (Å²) in [7, 11) is 0. The molecule has 29 heavy (non-hydrogen) atoms. The SMILES string of the molecule is CCOC(=O)N1CCN(c2cc(C(=O)Nc3cc(C)cc(C)c3)nc(C)n2)CC1. The van der Waals surface area contributed by atoms with E-state index in [0.29, 0.717) is 50.1 Å². The lowest BCUT2D eigenvalue weighted by Crippen LogP contribution is -2.49. The molecule has 1 aliphatic rings. The highest BCUT2D eigenvalue weighted by Crippen LogP contribution is 2.18. The van der Waals surface area contributed by atoms with Gasteiger partial charge in [0.05, 0.1) is 6.61 Å². The number of anilines is 2. The second-order valence-electron chi connectivity index (χ2n) is 7.16. The number of carbonyl (C=O) groups excluding carboxylic acids is 2. The lowest BCUT2D eigenvalue weighted by Gasteiger charge is -2.34. The van der Waals surface area contributed by atoms with E-state index in [4.69, 9.17) is 4.74 Å². The Morgan fingerprint density at radius 2 is 1.66 bits per heavy atom. The van der Waals surface area contributed by atoms with E-state index in [1.807, 2.05) is 26.0 Å². The van der Waals surface area contributed by atoms with Crippen LogP contribution in [0.4, 0.5) is 16.3 Å². The van der Waals surface area contributed by atoms with Crippen molar-refractivity contribution in [3.8, 4) is 0 Å². The number of nitrogens with one attached hydrogen (secondary N) is 1. The zero-order chi connectivity index (χ0) is 21.0. The molecule has 2 aromatic rings. The van der Waals surface area contributed by atoms with Gasteiger partial charge >= 0.3 is 6.09 Å². The molecule has 3 rings (SSSR count). The van der Waals surface area contributed by atoms with Gasteiger partial charge in [0.15, 0.2) is 0 Å². The highest BCUT2D eigenvalue weighted by Gasteiger charge is 2.24. The van der Waals surface area contributed by atoms with Crippen LogP contribution in [0.5, 0.6) is 0 Å². The van der Waals surface area contributed by atoms with Gasteiger partial charge in [-0.1, -0.05) is 6.07 Å². The van der Waals surface area contributed by atoms with Crippen molar-refractivity contribution in [2.24, 2.45) is 0 Å². The summed E-state index contributed by atoms with van der Waals surface area (Å²) in [4.78, 5) is 37.1. The van der Waals surface area contributed by atoms with Gasteiger partial charge in [0, 0.05) is 37.9 Å². The summed E-state index contributed by atoms with van der Waals surface area (Å²) in [5.41, 5.74) is 3.23. The van der Waals surface area contributed by atoms with Crippen molar-refractivity contribution in [3.63, 3.8) is 0 Å². The van der Waals surface area contributed by atoms with Gasteiger partial charge in [-0.25, -0.2) is 14.8 Å². The van der Waals surface area contributed by atoms with E-state index >= 15 is 0 Å². The molecule has 1 saturated heterocycles. The zero-order valence-electron chi connectivity index (χ0n) is 17.4. The van der Waals surface area contributed by atoms with E-state index in [2.05, 4.69) is 26.3 Å². The first-order chi connectivity index (χ1) is 13.9. The molecule has 2 amide bonds. The number of ether oxygens (including phenoxy) is 1. The fraction of sp³-hybridized carbons (Fsp3) is 0.429. The van der Waals surface area contributed by atoms with Crippen LogP contribution in [0.1, 0.15) is 34.4 Å². The Hall–Kier alpha value is -3.16. The summed E-state index contributed by atoms with van der Waals surface area (Å²) in [6, 6.07) is 7.60. The molecule has 1 fully saturated rings. The third-order valence-electron chi connectivity index (χ3n) is 4.67. The molecule has 0 saturated carbocycles. The zero-order valence-corrected chi connectivity index (χ0v) is 17.4. The number of aromatic nitrogens is 2. The van der Waals surface area contributed by atoms with Crippen LogP contribution in [-0.2, 0) is 4.74 Å². The van der Waals surface area contributed by atoms with E-state index in [1.165, 1.54) is 0 Å². The first-order valence-corrected chi connectivity index (χ1v) is 9.77. The third-order valence-corrected chi connectivity index (χ3v) is 4.67. The van der Waals surface area contributed by atoms with Crippen LogP contribution < -0.4 is 10.2 Å². The lowest BCUT2D eigenvalue weighted by molar-refractivity contribution is 0.102. The van der Waals surface area contributed by atoms with Gasteiger partial charge in [-0.15, -0.1) is 0 Å². The van der Waals surface area contributed by atoms with E-state index < -0.39 is 0 Å². The van der Waals surface area contributed by atoms with Gasteiger partial charge in [0.25, 0.3) is 5.91 Å². The molecule has 1 aromatic carbocycles. The monoisotopic (exact) mass is 397 g/mol. The normalized spacial score (nSPS) is 13.9. The van der Waals surface area contributed by atoms with Crippen LogP contribution in [0.25, 0.3) is 0 Å². The van der Waals surface area contributed by atoms with Gasteiger partial charge in [-0.2, -0.15) is 0 Å². The lowest BCUT2D eigenvalue weighted by atomic mass is 10.1. The molecule has 2 heterocycles. The van der Waals surface area contributed by atoms with Crippen molar-refractivity contribution < 1.29 is 14.3 Å². The average Bonchev–Trinajstić information content (AvgIpc) is 2.67.